The van der Waals surface area contributed by atoms with Crippen LogP contribution in [0.1, 0.15) is 57.6 Å². The van der Waals surface area contributed by atoms with Crippen LogP contribution in [0.25, 0.3) is 5.57 Å². The molecular weight excluding hydrogens is 402 g/mol. The first kappa shape index (κ1) is 22.1. The van der Waals surface area contributed by atoms with E-state index in [2.05, 4.69) is 43.4 Å². The van der Waals surface area contributed by atoms with Crippen LogP contribution in [0.2, 0.25) is 0 Å². The Hall–Kier alpha value is -3.08. The molecule has 0 saturated heterocycles. The first-order valence-electron chi connectivity index (χ1n) is 11.5. The first-order chi connectivity index (χ1) is 15.4. The maximum absolute atomic E-state index is 12.2. The summed E-state index contributed by atoms with van der Waals surface area (Å²) in [5.74, 6) is 1.06. The van der Waals surface area contributed by atoms with Gasteiger partial charge in [0, 0.05) is 48.7 Å². The molecule has 5 nitrogen and oxygen atoms in total. The molecule has 0 aromatic heterocycles. The number of aryl methyl sites for hydroxylation is 1. The van der Waals surface area contributed by atoms with Gasteiger partial charge >= 0.3 is 5.97 Å². The quantitative estimate of drug-likeness (QED) is 0.456. The van der Waals surface area contributed by atoms with Crippen molar-refractivity contribution in [2.24, 2.45) is 5.92 Å². The summed E-state index contributed by atoms with van der Waals surface area (Å²) in [4.78, 5) is 24.0. The molecule has 32 heavy (non-hydrogen) atoms. The Labute approximate surface area is 189 Å². The van der Waals surface area contributed by atoms with E-state index in [0.29, 0.717) is 17.9 Å². The second kappa shape index (κ2) is 9.60. The lowest BCUT2D eigenvalue weighted by Gasteiger charge is -2.37. The zero-order valence-electron chi connectivity index (χ0n) is 19.0. The summed E-state index contributed by atoms with van der Waals surface area (Å²) in [6.45, 7) is 5.58. The van der Waals surface area contributed by atoms with Crippen LogP contribution in [0, 0.1) is 5.92 Å². The monoisotopic (exact) mass is 433 g/mol. The third-order valence-corrected chi connectivity index (χ3v) is 6.28. The number of ketones is 1. The molecule has 2 aromatic carbocycles. The summed E-state index contributed by atoms with van der Waals surface area (Å²) in [6.07, 6.45) is 6.06. The van der Waals surface area contributed by atoms with Gasteiger partial charge in [0.25, 0.3) is 0 Å². The Morgan fingerprint density at radius 3 is 2.75 bits per heavy atom. The summed E-state index contributed by atoms with van der Waals surface area (Å²) in [5.41, 5.74) is 3.94. The van der Waals surface area contributed by atoms with Gasteiger partial charge in [-0.25, -0.2) is 0 Å². The number of hydrogen-bond donors (Lipinski definition) is 1. The highest BCUT2D eigenvalue weighted by atomic mass is 16.5. The van der Waals surface area contributed by atoms with Crippen molar-refractivity contribution in [1.29, 1.82) is 0 Å². The van der Waals surface area contributed by atoms with Crippen molar-refractivity contribution < 1.29 is 19.1 Å². The summed E-state index contributed by atoms with van der Waals surface area (Å²) < 4.78 is 11.8. The molecule has 168 valence electrons. The lowest BCUT2D eigenvalue weighted by Crippen LogP contribution is -2.34. The fraction of sp³-hybridized carbons (Fsp3) is 0.407. The van der Waals surface area contributed by atoms with Crippen LogP contribution < -0.4 is 14.8 Å². The number of hydrogen-bond acceptors (Lipinski definition) is 5. The van der Waals surface area contributed by atoms with Crippen molar-refractivity contribution >= 4 is 23.0 Å². The smallest absolute Gasteiger partial charge is 0.308 e. The third-order valence-electron chi connectivity index (χ3n) is 6.28. The zero-order chi connectivity index (χ0) is 22.7. The van der Waals surface area contributed by atoms with Crippen LogP contribution in [-0.4, -0.2) is 23.9 Å². The van der Waals surface area contributed by atoms with Crippen molar-refractivity contribution in [2.75, 3.05) is 5.32 Å². The fourth-order valence-electron chi connectivity index (χ4n) is 4.76. The number of ether oxygens (including phenoxy) is 2. The van der Waals surface area contributed by atoms with E-state index in [9.17, 15) is 9.59 Å². The molecule has 0 radical (unpaired) electrons. The van der Waals surface area contributed by atoms with Gasteiger partial charge in [0.05, 0.1) is 6.10 Å². The third kappa shape index (κ3) is 5.04. The van der Waals surface area contributed by atoms with E-state index < -0.39 is 5.97 Å². The zero-order valence-corrected chi connectivity index (χ0v) is 19.0. The van der Waals surface area contributed by atoms with Gasteiger partial charge in [-0.15, -0.1) is 0 Å². The Morgan fingerprint density at radius 1 is 1.22 bits per heavy atom. The normalized spacial score (nSPS) is 20.3. The Balaban J connectivity index is 1.54. The van der Waals surface area contributed by atoms with Gasteiger partial charge in [0.1, 0.15) is 11.5 Å². The second-order valence-corrected chi connectivity index (χ2v) is 8.89. The average Bonchev–Trinajstić information content (AvgIpc) is 2.73. The average molecular weight is 434 g/mol. The molecule has 1 aliphatic heterocycles. The molecule has 3 atom stereocenters. The number of fused-ring (bicyclic) bond motifs is 3. The molecule has 0 saturated carbocycles. The highest BCUT2D eigenvalue weighted by Gasteiger charge is 2.35. The molecule has 0 fully saturated rings. The van der Waals surface area contributed by atoms with Gasteiger partial charge < -0.3 is 14.8 Å². The molecule has 5 heteroatoms. The van der Waals surface area contributed by atoms with E-state index in [4.69, 9.17) is 9.47 Å². The van der Waals surface area contributed by atoms with Gasteiger partial charge in [0.2, 0.25) is 0 Å². The van der Waals surface area contributed by atoms with Gasteiger partial charge in [-0.05, 0) is 56.7 Å². The Bertz CT molecular complexity index is 1030. The van der Waals surface area contributed by atoms with Crippen molar-refractivity contribution in [3.05, 3.63) is 59.7 Å². The number of esters is 1. The lowest BCUT2D eigenvalue weighted by atomic mass is 9.76. The molecule has 2 aromatic rings. The predicted molar refractivity (Wildman–Crippen MR) is 126 cm³/mol. The van der Waals surface area contributed by atoms with Crippen LogP contribution in [0.5, 0.6) is 11.5 Å². The van der Waals surface area contributed by atoms with Crippen molar-refractivity contribution in [1.82, 2.24) is 0 Å². The van der Waals surface area contributed by atoms with Crippen molar-refractivity contribution in [3.63, 3.8) is 0 Å². The molecule has 0 spiro atoms. The first-order valence-corrected chi connectivity index (χ1v) is 11.5. The number of allylic oxidation sites excluding steroid dienone is 1. The molecule has 0 amide bonds. The highest BCUT2D eigenvalue weighted by Crippen LogP contribution is 2.48. The summed E-state index contributed by atoms with van der Waals surface area (Å²) in [6, 6.07) is 14.4. The fourth-order valence-corrected chi connectivity index (χ4v) is 4.76. The second-order valence-electron chi connectivity index (χ2n) is 8.89. The molecule has 4 rings (SSSR count). The summed E-state index contributed by atoms with van der Waals surface area (Å²) >= 11 is 0. The summed E-state index contributed by atoms with van der Waals surface area (Å²) in [7, 11) is 0. The minimum absolute atomic E-state index is 0.0196. The number of nitrogens with one attached hydrogen (secondary N) is 1. The molecule has 1 heterocycles. The summed E-state index contributed by atoms with van der Waals surface area (Å²) in [5, 5.41) is 3.54. The van der Waals surface area contributed by atoms with Crippen LogP contribution in [0.3, 0.4) is 0 Å². The van der Waals surface area contributed by atoms with E-state index in [1.807, 2.05) is 12.1 Å². The van der Waals surface area contributed by atoms with Gasteiger partial charge in [-0.1, -0.05) is 30.3 Å². The molecule has 2 unspecified atom stereocenters. The topological polar surface area (TPSA) is 64.6 Å². The van der Waals surface area contributed by atoms with E-state index in [1.54, 1.807) is 12.1 Å². The minimum atomic E-state index is -0.391. The van der Waals surface area contributed by atoms with E-state index >= 15 is 0 Å². The number of anilines is 1. The lowest BCUT2D eigenvalue weighted by molar-refractivity contribution is -0.131. The van der Waals surface area contributed by atoms with E-state index in [0.717, 1.165) is 42.5 Å². The maximum Gasteiger partial charge on any atom is 0.308 e. The molecular formula is C27H31NO4. The van der Waals surface area contributed by atoms with Gasteiger partial charge in [0.15, 0.2) is 5.78 Å². The molecule has 2 aliphatic rings. The molecule has 1 aliphatic carbocycles. The van der Waals surface area contributed by atoms with Crippen LogP contribution in [-0.2, 0) is 16.0 Å². The van der Waals surface area contributed by atoms with Gasteiger partial charge in [-0.2, -0.15) is 0 Å². The van der Waals surface area contributed by atoms with Crippen LogP contribution >= 0.6 is 0 Å². The Kier molecular flexibility index (Phi) is 6.63. The van der Waals surface area contributed by atoms with E-state index in [1.165, 1.54) is 12.5 Å². The number of rotatable bonds is 7. The highest BCUT2D eigenvalue weighted by molar-refractivity contribution is 6.02. The standard InChI is InChI=1S/C27H31NO4/c1-17(8-7-11-20-9-5-4-6-10-20)31-22-15-25-27(26(16-22)32-19(3)29)24-14-21(30)12-13-23(24)18(2)28-25/h4-6,9-10,14-18,23,28H,7-8,11-13H2,1-3H3/t17?,18-,23?/m1/s1. The number of carbonyl (C=O) groups excluding carboxylic acids is 2. The van der Waals surface area contributed by atoms with Crippen LogP contribution in [0.4, 0.5) is 5.69 Å². The van der Waals surface area contributed by atoms with Crippen LogP contribution in [0.15, 0.2) is 48.5 Å². The predicted octanol–water partition coefficient (Wildman–Crippen LogP) is 5.58. The maximum atomic E-state index is 12.2. The number of benzene rings is 2. The van der Waals surface area contributed by atoms with E-state index in [-0.39, 0.29) is 23.8 Å². The van der Waals surface area contributed by atoms with Crippen molar-refractivity contribution in [3.8, 4) is 11.5 Å². The SMILES string of the molecule is CC(=O)Oc1cc(OC(C)CCCc2ccccc2)cc2c1C1=CC(=O)CCC1[C@@H](C)N2. The largest absolute Gasteiger partial charge is 0.491 e. The molecule has 1 N–H and O–H groups in total. The minimum Gasteiger partial charge on any atom is -0.491 e. The number of carbonyl (C=O) groups is 2. The van der Waals surface area contributed by atoms with Gasteiger partial charge in [-0.3, -0.25) is 9.59 Å². The Morgan fingerprint density at radius 2 is 2.00 bits per heavy atom. The molecule has 0 bridgehead atoms. The van der Waals surface area contributed by atoms with Crippen molar-refractivity contribution in [2.45, 2.75) is 65.0 Å².